The van der Waals surface area contributed by atoms with E-state index in [9.17, 15) is 4.79 Å². The van der Waals surface area contributed by atoms with E-state index < -0.39 is 5.97 Å². The summed E-state index contributed by atoms with van der Waals surface area (Å²) in [7, 11) is 5.43. The number of nitrogens with zero attached hydrogens (tertiary/aromatic N) is 1. The number of esters is 1. The molecular weight excluding hydrogens is 232 g/mol. The minimum absolute atomic E-state index is 0.0508. The molecule has 0 aliphatic heterocycles. The number of carbonyl (C=O) groups excluding carboxylic acids is 1. The number of ether oxygens (including phenoxy) is 1. The van der Waals surface area contributed by atoms with Gasteiger partial charge in [-0.2, -0.15) is 0 Å². The molecule has 0 saturated carbocycles. The van der Waals surface area contributed by atoms with Crippen LogP contribution in [0.4, 0.5) is 0 Å². The summed E-state index contributed by atoms with van der Waals surface area (Å²) in [6, 6.07) is 1.78. The molecule has 1 rings (SSSR count). The van der Waals surface area contributed by atoms with Gasteiger partial charge in [-0.15, -0.1) is 0 Å². The molecule has 0 saturated heterocycles. The highest BCUT2D eigenvalue weighted by Crippen LogP contribution is 2.13. The Kier molecular flexibility index (Phi) is 4.93. The molecule has 18 heavy (non-hydrogen) atoms. The van der Waals surface area contributed by atoms with Crippen molar-refractivity contribution < 1.29 is 13.9 Å². The molecule has 102 valence electrons. The van der Waals surface area contributed by atoms with Crippen LogP contribution in [-0.2, 0) is 11.3 Å². The van der Waals surface area contributed by atoms with Crippen LogP contribution in [0.15, 0.2) is 16.7 Å². The topological polar surface area (TPSA) is 54.7 Å². The number of likely N-dealkylation sites (N-methyl/N-ethyl adjacent to an activating group) is 1. The van der Waals surface area contributed by atoms with Gasteiger partial charge in [-0.3, -0.25) is 0 Å². The van der Waals surface area contributed by atoms with Crippen LogP contribution in [0.25, 0.3) is 0 Å². The van der Waals surface area contributed by atoms with Crippen molar-refractivity contribution in [2.45, 2.75) is 25.9 Å². The summed E-state index contributed by atoms with van der Waals surface area (Å²) in [5.41, 5.74) is 0.867. The number of hydrogen-bond donors (Lipinski definition) is 1. The van der Waals surface area contributed by atoms with Crippen molar-refractivity contribution in [3.05, 3.63) is 23.7 Å². The van der Waals surface area contributed by atoms with E-state index in [1.54, 1.807) is 6.07 Å². The Labute approximate surface area is 108 Å². The number of hydrogen-bond acceptors (Lipinski definition) is 5. The van der Waals surface area contributed by atoms with Gasteiger partial charge >= 0.3 is 5.97 Å². The van der Waals surface area contributed by atoms with Crippen molar-refractivity contribution in [1.29, 1.82) is 0 Å². The van der Waals surface area contributed by atoms with Gasteiger partial charge in [-0.25, -0.2) is 4.79 Å². The van der Waals surface area contributed by atoms with Gasteiger partial charge in [0.25, 0.3) is 0 Å². The molecule has 5 nitrogen and oxygen atoms in total. The predicted octanol–water partition coefficient (Wildman–Crippen LogP) is 1.50. The lowest BCUT2D eigenvalue weighted by atomic mass is 10.0. The maximum atomic E-state index is 11.4. The third kappa shape index (κ3) is 3.58. The van der Waals surface area contributed by atoms with Gasteiger partial charge < -0.3 is 19.4 Å². The molecule has 0 spiro atoms. The molecule has 0 aliphatic rings. The van der Waals surface area contributed by atoms with Crippen molar-refractivity contribution in [3.63, 3.8) is 0 Å². The maximum Gasteiger partial charge on any atom is 0.374 e. The zero-order chi connectivity index (χ0) is 13.8. The van der Waals surface area contributed by atoms with Crippen LogP contribution in [-0.4, -0.2) is 44.2 Å². The third-order valence-corrected chi connectivity index (χ3v) is 3.20. The molecule has 0 amide bonds. The molecule has 1 N–H and O–H groups in total. The first kappa shape index (κ1) is 14.7. The van der Waals surface area contributed by atoms with Crippen molar-refractivity contribution in [3.8, 4) is 0 Å². The molecule has 1 heterocycles. The minimum Gasteiger partial charge on any atom is -0.463 e. The minimum atomic E-state index is -0.441. The first-order valence-electron chi connectivity index (χ1n) is 5.91. The van der Waals surface area contributed by atoms with Crippen LogP contribution < -0.4 is 5.32 Å². The highest BCUT2D eigenvalue weighted by molar-refractivity contribution is 5.87. The molecule has 1 aromatic heterocycles. The van der Waals surface area contributed by atoms with Gasteiger partial charge in [0.05, 0.1) is 13.4 Å². The van der Waals surface area contributed by atoms with Crippen molar-refractivity contribution >= 4 is 5.97 Å². The van der Waals surface area contributed by atoms with E-state index in [2.05, 4.69) is 28.8 Å². The number of nitrogens with one attached hydrogen (secondary N) is 1. The Morgan fingerprint density at radius 3 is 2.72 bits per heavy atom. The highest BCUT2D eigenvalue weighted by Gasteiger charge is 2.21. The summed E-state index contributed by atoms with van der Waals surface area (Å²) < 4.78 is 9.77. The summed E-state index contributed by atoms with van der Waals surface area (Å²) in [5, 5.41) is 3.32. The van der Waals surface area contributed by atoms with Gasteiger partial charge in [-0.1, -0.05) is 0 Å². The molecule has 0 aromatic carbocycles. The molecule has 0 radical (unpaired) electrons. The van der Waals surface area contributed by atoms with E-state index in [1.165, 1.54) is 13.4 Å². The van der Waals surface area contributed by atoms with Crippen LogP contribution in [0.1, 0.15) is 30.0 Å². The second kappa shape index (κ2) is 6.02. The fraction of sp³-hybridized carbons (Fsp3) is 0.615. The van der Waals surface area contributed by atoms with Crippen LogP contribution in [0.2, 0.25) is 0 Å². The van der Waals surface area contributed by atoms with Crippen LogP contribution in [0, 0.1) is 0 Å². The lowest BCUT2D eigenvalue weighted by Gasteiger charge is -2.32. The van der Waals surface area contributed by atoms with Crippen LogP contribution in [0.5, 0.6) is 0 Å². The monoisotopic (exact) mass is 254 g/mol. The average molecular weight is 254 g/mol. The van der Waals surface area contributed by atoms with Crippen molar-refractivity contribution in [1.82, 2.24) is 10.2 Å². The number of rotatable bonds is 6. The van der Waals surface area contributed by atoms with E-state index in [1.807, 2.05) is 14.1 Å². The van der Waals surface area contributed by atoms with Gasteiger partial charge in [0.15, 0.2) is 0 Å². The number of methoxy groups -OCH3 is 1. The molecule has 0 unspecified atom stereocenters. The molecular formula is C13H22N2O3. The zero-order valence-electron chi connectivity index (χ0n) is 11.7. The normalized spacial score (nSPS) is 11.9. The highest BCUT2D eigenvalue weighted by atomic mass is 16.5. The lowest BCUT2D eigenvalue weighted by molar-refractivity contribution is 0.0563. The number of carbonyl (C=O) groups is 1. The van der Waals surface area contributed by atoms with Crippen LogP contribution in [0.3, 0.4) is 0 Å². The zero-order valence-corrected chi connectivity index (χ0v) is 11.7. The smallest absolute Gasteiger partial charge is 0.374 e. The van der Waals surface area contributed by atoms with Gasteiger partial charge in [0, 0.05) is 24.2 Å². The summed E-state index contributed by atoms with van der Waals surface area (Å²) in [4.78, 5) is 13.6. The second-order valence-electron chi connectivity index (χ2n) is 5.08. The Balaban J connectivity index is 2.55. The predicted molar refractivity (Wildman–Crippen MR) is 69.5 cm³/mol. The maximum absolute atomic E-state index is 11.4. The largest absolute Gasteiger partial charge is 0.463 e. The first-order chi connectivity index (χ1) is 8.38. The van der Waals surface area contributed by atoms with Gasteiger partial charge in [-0.05, 0) is 34.0 Å². The summed E-state index contributed by atoms with van der Waals surface area (Å²) >= 11 is 0. The molecule has 0 fully saturated rings. The summed E-state index contributed by atoms with van der Waals surface area (Å²) in [6.45, 7) is 5.69. The summed E-state index contributed by atoms with van der Waals surface area (Å²) in [6.07, 6.45) is 1.50. The Bertz CT molecular complexity index is 397. The molecule has 5 heteroatoms. The van der Waals surface area contributed by atoms with E-state index in [4.69, 9.17) is 4.42 Å². The molecule has 1 aromatic rings. The van der Waals surface area contributed by atoms with E-state index in [0.717, 1.165) is 12.1 Å². The number of furan rings is 1. The van der Waals surface area contributed by atoms with E-state index >= 15 is 0 Å². The van der Waals surface area contributed by atoms with Gasteiger partial charge in [0.1, 0.15) is 0 Å². The Hall–Kier alpha value is -1.33. The quantitative estimate of drug-likeness (QED) is 0.780. The van der Waals surface area contributed by atoms with Crippen molar-refractivity contribution in [2.75, 3.05) is 27.7 Å². The fourth-order valence-electron chi connectivity index (χ4n) is 1.41. The fourth-order valence-corrected chi connectivity index (χ4v) is 1.41. The first-order valence-corrected chi connectivity index (χ1v) is 5.91. The molecule has 0 aliphatic carbocycles. The van der Waals surface area contributed by atoms with Crippen molar-refractivity contribution in [2.24, 2.45) is 0 Å². The summed E-state index contributed by atoms with van der Waals surface area (Å²) in [5.74, 6) is -0.170. The van der Waals surface area contributed by atoms with E-state index in [0.29, 0.717) is 6.54 Å². The van der Waals surface area contributed by atoms with Crippen LogP contribution >= 0.6 is 0 Å². The average Bonchev–Trinajstić information content (AvgIpc) is 2.76. The Morgan fingerprint density at radius 2 is 2.17 bits per heavy atom. The Morgan fingerprint density at radius 1 is 1.50 bits per heavy atom. The lowest BCUT2D eigenvalue weighted by Crippen LogP contribution is -2.46. The SMILES string of the molecule is COC(=O)c1occc1CNCC(C)(C)N(C)C. The molecule has 0 bridgehead atoms. The second-order valence-corrected chi connectivity index (χ2v) is 5.08. The standard InChI is InChI=1S/C13H22N2O3/c1-13(2,15(3)4)9-14-8-10-6-7-18-11(10)12(16)17-5/h6-7,14H,8-9H2,1-5H3. The van der Waals surface area contributed by atoms with E-state index in [-0.39, 0.29) is 11.3 Å². The molecule has 0 atom stereocenters. The van der Waals surface area contributed by atoms with Gasteiger partial charge in [0.2, 0.25) is 5.76 Å². The third-order valence-electron chi connectivity index (χ3n) is 3.20.